The zero-order chi connectivity index (χ0) is 21.3. The van der Waals surface area contributed by atoms with E-state index < -0.39 is 11.9 Å². The monoisotopic (exact) mass is 489 g/mol. The van der Waals surface area contributed by atoms with Crippen LogP contribution >= 0.6 is 57.7 Å². The molecule has 0 aliphatic heterocycles. The molecule has 150 valence electrons. The van der Waals surface area contributed by atoms with E-state index in [9.17, 15) is 14.7 Å². The summed E-state index contributed by atoms with van der Waals surface area (Å²) in [5.41, 5.74) is 0.629. The molecule has 2 N–H and O–H groups in total. The molecular weight excluding hydrogens is 480 g/mol. The van der Waals surface area contributed by atoms with Gasteiger partial charge in [-0.3, -0.25) is 4.79 Å². The molecule has 0 aliphatic rings. The van der Waals surface area contributed by atoms with Gasteiger partial charge in [-0.2, -0.15) is 0 Å². The predicted molar refractivity (Wildman–Crippen MR) is 118 cm³/mol. The minimum absolute atomic E-state index is 0.00308. The van der Waals surface area contributed by atoms with E-state index in [4.69, 9.17) is 51.1 Å². The van der Waals surface area contributed by atoms with E-state index in [1.165, 1.54) is 29.9 Å². The Balaban J connectivity index is 2.02. The molecule has 1 heterocycles. The lowest BCUT2D eigenvalue weighted by atomic mass is 10.1. The third-order valence-electron chi connectivity index (χ3n) is 3.92. The Morgan fingerprint density at radius 2 is 1.69 bits per heavy atom. The van der Waals surface area contributed by atoms with Gasteiger partial charge in [-0.25, -0.2) is 4.79 Å². The number of anilines is 1. The van der Waals surface area contributed by atoms with Gasteiger partial charge >= 0.3 is 5.97 Å². The number of methoxy groups -OCH3 is 1. The van der Waals surface area contributed by atoms with Crippen molar-refractivity contribution < 1.29 is 19.4 Å². The first-order chi connectivity index (χ1) is 13.7. The number of ether oxygens (including phenoxy) is 1. The van der Waals surface area contributed by atoms with Gasteiger partial charge in [0.15, 0.2) is 5.75 Å². The standard InChI is InChI=1S/C19H11Cl4NO4S/c1-28-16-11(22)6-10(21)13(15(16)23)18(25)24-12-7-29-17(14(12)19(26)27)8-2-4-9(20)5-3-8/h2-7H,1H3,(H,24,25)(H,26,27). The van der Waals surface area contributed by atoms with Crippen molar-refractivity contribution in [3.63, 3.8) is 0 Å². The molecule has 0 spiro atoms. The Bertz CT molecular complexity index is 1110. The molecule has 29 heavy (non-hydrogen) atoms. The quantitative estimate of drug-likeness (QED) is 0.404. The minimum Gasteiger partial charge on any atom is -0.494 e. The third kappa shape index (κ3) is 4.32. The smallest absolute Gasteiger partial charge is 0.339 e. The SMILES string of the molecule is COc1c(Cl)cc(Cl)c(C(=O)Nc2csc(-c3ccc(Cl)cc3)c2C(=O)O)c1Cl. The normalized spacial score (nSPS) is 10.7. The molecule has 1 amide bonds. The van der Waals surface area contributed by atoms with Gasteiger partial charge in [0.1, 0.15) is 5.56 Å². The summed E-state index contributed by atoms with van der Waals surface area (Å²) in [5, 5.41) is 14.4. The minimum atomic E-state index is -1.20. The van der Waals surface area contributed by atoms with Crippen molar-refractivity contribution in [1.29, 1.82) is 0 Å². The lowest BCUT2D eigenvalue weighted by molar-refractivity contribution is 0.0699. The van der Waals surface area contributed by atoms with E-state index in [0.717, 1.165) is 0 Å². The number of hydrogen-bond acceptors (Lipinski definition) is 4. The first kappa shape index (κ1) is 21.7. The second-order valence-corrected chi connectivity index (χ2v) is 8.19. The maximum atomic E-state index is 12.8. The van der Waals surface area contributed by atoms with Crippen molar-refractivity contribution in [1.82, 2.24) is 0 Å². The van der Waals surface area contributed by atoms with Gasteiger partial charge in [0.25, 0.3) is 5.91 Å². The van der Waals surface area contributed by atoms with Crippen LogP contribution in [0.2, 0.25) is 20.1 Å². The third-order valence-corrected chi connectivity index (χ3v) is 6.14. The van der Waals surface area contributed by atoms with E-state index in [2.05, 4.69) is 5.32 Å². The predicted octanol–water partition coefficient (Wildman–Crippen LogP) is 6.99. The highest BCUT2D eigenvalue weighted by atomic mass is 35.5. The van der Waals surface area contributed by atoms with Gasteiger partial charge in [-0.1, -0.05) is 58.5 Å². The summed E-state index contributed by atoms with van der Waals surface area (Å²) in [6, 6.07) is 8.03. The van der Waals surface area contributed by atoms with Gasteiger partial charge in [0, 0.05) is 10.4 Å². The number of carbonyl (C=O) groups is 2. The first-order valence-electron chi connectivity index (χ1n) is 7.88. The van der Waals surface area contributed by atoms with Crippen LogP contribution in [0.5, 0.6) is 5.75 Å². The summed E-state index contributed by atoms with van der Waals surface area (Å²) in [6.07, 6.45) is 0. The van der Waals surface area contributed by atoms with Crippen molar-refractivity contribution in [3.8, 4) is 16.2 Å². The van der Waals surface area contributed by atoms with Gasteiger partial charge in [-0.15, -0.1) is 11.3 Å². The maximum Gasteiger partial charge on any atom is 0.339 e. The molecule has 0 atom stereocenters. The van der Waals surface area contributed by atoms with Crippen LogP contribution in [0.15, 0.2) is 35.7 Å². The lowest BCUT2D eigenvalue weighted by Gasteiger charge is -2.13. The van der Waals surface area contributed by atoms with E-state index >= 15 is 0 Å². The average molecular weight is 491 g/mol. The number of rotatable bonds is 5. The van der Waals surface area contributed by atoms with E-state index in [1.54, 1.807) is 24.3 Å². The molecule has 10 heteroatoms. The number of carboxylic acid groups (broad SMARTS) is 1. The Morgan fingerprint density at radius 1 is 1.03 bits per heavy atom. The van der Waals surface area contributed by atoms with Crippen molar-refractivity contribution in [2.24, 2.45) is 0 Å². The van der Waals surface area contributed by atoms with Gasteiger partial charge in [0.05, 0.1) is 38.3 Å². The molecular formula is C19H11Cl4NO4S. The van der Waals surface area contributed by atoms with Crippen LogP contribution in [-0.4, -0.2) is 24.1 Å². The number of halogens is 4. The van der Waals surface area contributed by atoms with E-state index in [1.807, 2.05) is 0 Å². The molecule has 5 nitrogen and oxygen atoms in total. The van der Waals surface area contributed by atoms with Crippen molar-refractivity contribution in [3.05, 3.63) is 66.9 Å². The Labute approximate surface area is 189 Å². The zero-order valence-electron chi connectivity index (χ0n) is 14.6. The van der Waals surface area contributed by atoms with Crippen LogP contribution < -0.4 is 10.1 Å². The van der Waals surface area contributed by atoms with Crippen molar-refractivity contribution >= 4 is 75.3 Å². The molecule has 0 bridgehead atoms. The molecule has 0 saturated carbocycles. The molecule has 0 fully saturated rings. The number of benzene rings is 2. The number of nitrogens with one attached hydrogen (secondary N) is 1. The number of hydrogen-bond donors (Lipinski definition) is 2. The van der Waals surface area contributed by atoms with Crippen molar-refractivity contribution in [2.75, 3.05) is 12.4 Å². The zero-order valence-corrected chi connectivity index (χ0v) is 18.4. The Hall–Kier alpha value is -1.96. The van der Waals surface area contributed by atoms with Crippen LogP contribution in [0.25, 0.3) is 10.4 Å². The highest BCUT2D eigenvalue weighted by Gasteiger charge is 2.25. The summed E-state index contributed by atoms with van der Waals surface area (Å²) in [4.78, 5) is 25.2. The Morgan fingerprint density at radius 3 is 2.28 bits per heavy atom. The second-order valence-electron chi connectivity index (χ2n) is 5.68. The first-order valence-corrected chi connectivity index (χ1v) is 10.3. The number of thiophene rings is 1. The van der Waals surface area contributed by atoms with Crippen LogP contribution in [0.1, 0.15) is 20.7 Å². The molecule has 1 aromatic heterocycles. The van der Waals surface area contributed by atoms with Crippen molar-refractivity contribution in [2.45, 2.75) is 0 Å². The lowest BCUT2D eigenvalue weighted by Crippen LogP contribution is -2.15. The number of carbonyl (C=O) groups excluding carboxylic acids is 1. The highest BCUT2D eigenvalue weighted by Crippen LogP contribution is 2.41. The molecule has 0 saturated heterocycles. The van der Waals surface area contributed by atoms with Crippen LogP contribution in [0.4, 0.5) is 5.69 Å². The van der Waals surface area contributed by atoms with E-state index in [-0.39, 0.29) is 37.6 Å². The summed E-state index contributed by atoms with van der Waals surface area (Å²) < 4.78 is 5.10. The topological polar surface area (TPSA) is 75.6 Å². The maximum absolute atomic E-state index is 12.8. The Kier molecular flexibility index (Phi) is 6.61. The van der Waals surface area contributed by atoms with E-state index in [0.29, 0.717) is 15.5 Å². The summed E-state index contributed by atoms with van der Waals surface area (Å²) in [6.45, 7) is 0. The number of amides is 1. The fourth-order valence-corrected chi connectivity index (χ4v) is 4.84. The molecule has 0 radical (unpaired) electrons. The highest BCUT2D eigenvalue weighted by molar-refractivity contribution is 7.14. The summed E-state index contributed by atoms with van der Waals surface area (Å²) in [7, 11) is 1.35. The summed E-state index contributed by atoms with van der Waals surface area (Å²) >= 11 is 25.4. The van der Waals surface area contributed by atoms with Crippen LogP contribution in [0, 0.1) is 0 Å². The largest absolute Gasteiger partial charge is 0.494 e. The van der Waals surface area contributed by atoms with Crippen LogP contribution in [0.3, 0.4) is 0 Å². The fraction of sp³-hybridized carbons (Fsp3) is 0.0526. The molecule has 0 unspecified atom stereocenters. The van der Waals surface area contributed by atoms with Gasteiger partial charge in [-0.05, 0) is 23.8 Å². The van der Waals surface area contributed by atoms with Gasteiger partial charge in [0.2, 0.25) is 0 Å². The fourth-order valence-electron chi connectivity index (χ4n) is 2.63. The molecule has 2 aromatic carbocycles. The molecule has 3 aromatic rings. The van der Waals surface area contributed by atoms with Crippen LogP contribution in [-0.2, 0) is 0 Å². The molecule has 0 aliphatic carbocycles. The number of carboxylic acids is 1. The second kappa shape index (κ2) is 8.81. The number of aromatic carboxylic acids is 1. The molecule has 3 rings (SSSR count). The van der Waals surface area contributed by atoms with Gasteiger partial charge < -0.3 is 15.2 Å². The average Bonchev–Trinajstić information content (AvgIpc) is 3.06. The summed E-state index contributed by atoms with van der Waals surface area (Å²) in [5.74, 6) is -1.80.